The lowest BCUT2D eigenvalue weighted by atomic mass is 10.3. The van der Waals surface area contributed by atoms with E-state index in [4.69, 9.17) is 13.6 Å². The zero-order valence-corrected chi connectivity index (χ0v) is 12.3. The molecule has 0 fully saturated rings. The van der Waals surface area contributed by atoms with Gasteiger partial charge in [-0.05, 0) is 12.5 Å². The summed E-state index contributed by atoms with van der Waals surface area (Å²) in [6.07, 6.45) is 3.80. The second-order valence-electron chi connectivity index (χ2n) is 3.89. The van der Waals surface area contributed by atoms with E-state index in [2.05, 4.69) is 13.5 Å². The predicted molar refractivity (Wildman–Crippen MR) is 69.9 cm³/mol. The average molecular weight is 260 g/mol. The second-order valence-corrected chi connectivity index (χ2v) is 7.47. The molecule has 0 heterocycles. The quantitative estimate of drug-likeness (QED) is 0.363. The topological polar surface area (TPSA) is 44.8 Å². The molecule has 4 nitrogen and oxygen atoms in total. The normalized spacial score (nSPS) is 13.2. The highest BCUT2D eigenvalue weighted by molar-refractivity contribution is 6.68. The second kappa shape index (κ2) is 8.44. The molecule has 0 aromatic heterocycles. The van der Waals surface area contributed by atoms with Crippen molar-refractivity contribution in [1.29, 1.82) is 0 Å². The molecule has 0 spiro atoms. The summed E-state index contributed by atoms with van der Waals surface area (Å²) < 4.78 is 16.6. The van der Waals surface area contributed by atoms with E-state index in [0.717, 1.165) is 25.3 Å². The number of rotatable bonds is 9. The van der Waals surface area contributed by atoms with Gasteiger partial charge in [0, 0.05) is 20.3 Å². The molecule has 0 radical (unpaired) electrons. The van der Waals surface area contributed by atoms with Crippen molar-refractivity contribution in [2.24, 2.45) is 0 Å². The summed E-state index contributed by atoms with van der Waals surface area (Å²) in [4.78, 5) is 11.4. The lowest BCUT2D eigenvalue weighted by molar-refractivity contribution is -0.141. The Morgan fingerprint density at radius 1 is 1.29 bits per heavy atom. The van der Waals surface area contributed by atoms with Gasteiger partial charge in [-0.1, -0.05) is 33.3 Å². The highest BCUT2D eigenvalue weighted by atomic mass is 28.4. The number of carbonyl (C=O) groups excluding carboxylic acids is 1. The Morgan fingerprint density at radius 2 is 1.88 bits per heavy atom. The van der Waals surface area contributed by atoms with Gasteiger partial charge in [0.25, 0.3) is 0 Å². The van der Waals surface area contributed by atoms with Gasteiger partial charge in [0.05, 0.1) is 0 Å². The van der Waals surface area contributed by atoms with E-state index in [1.165, 1.54) is 6.08 Å². The molecule has 0 amide bonds. The first kappa shape index (κ1) is 16.3. The monoisotopic (exact) mass is 260 g/mol. The highest BCUT2D eigenvalue weighted by Gasteiger charge is 2.45. The van der Waals surface area contributed by atoms with Crippen molar-refractivity contribution in [3.8, 4) is 0 Å². The first-order valence-electron chi connectivity index (χ1n) is 6.03. The average Bonchev–Trinajstić information content (AvgIpc) is 2.35. The smallest absolute Gasteiger partial charge is 0.379 e. The van der Waals surface area contributed by atoms with Crippen LogP contribution in [0.4, 0.5) is 0 Å². The maximum atomic E-state index is 11.4. The Labute approximate surface area is 105 Å². The van der Waals surface area contributed by atoms with E-state index < -0.39 is 14.5 Å². The van der Waals surface area contributed by atoms with Crippen LogP contribution in [0.3, 0.4) is 0 Å². The minimum absolute atomic E-state index is 0.270. The summed E-state index contributed by atoms with van der Waals surface area (Å²) in [7, 11) is 0.806. The van der Waals surface area contributed by atoms with Crippen LogP contribution in [0.1, 0.15) is 33.1 Å². The summed E-state index contributed by atoms with van der Waals surface area (Å²) in [5.41, 5.74) is -0.270. The van der Waals surface area contributed by atoms with Gasteiger partial charge in [-0.15, -0.1) is 0 Å². The fourth-order valence-electron chi connectivity index (χ4n) is 1.88. The maximum Gasteiger partial charge on any atom is 0.379 e. The van der Waals surface area contributed by atoms with Gasteiger partial charge in [0.1, 0.15) is 5.73 Å². The minimum atomic E-state index is -2.46. The summed E-state index contributed by atoms with van der Waals surface area (Å²) in [5.74, 6) is -0.412. The molecule has 100 valence electrons. The summed E-state index contributed by atoms with van der Waals surface area (Å²) in [6.45, 7) is 7.53. The van der Waals surface area contributed by atoms with Crippen molar-refractivity contribution in [3.05, 3.63) is 12.7 Å². The third-order valence-electron chi connectivity index (χ3n) is 2.76. The van der Waals surface area contributed by atoms with E-state index in [9.17, 15) is 4.79 Å². The molecule has 0 N–H and O–H groups in total. The van der Waals surface area contributed by atoms with Gasteiger partial charge in [0.2, 0.25) is 0 Å². The fraction of sp³-hybridized carbons (Fsp3) is 0.750. The van der Waals surface area contributed by atoms with Crippen LogP contribution >= 0.6 is 0 Å². The van der Waals surface area contributed by atoms with Crippen molar-refractivity contribution in [1.82, 2.24) is 0 Å². The number of hydrogen-bond acceptors (Lipinski definition) is 4. The van der Waals surface area contributed by atoms with Gasteiger partial charge < -0.3 is 13.6 Å². The van der Waals surface area contributed by atoms with Crippen molar-refractivity contribution in [2.75, 3.05) is 14.2 Å². The largest absolute Gasteiger partial charge is 0.457 e. The van der Waals surface area contributed by atoms with E-state index in [1.807, 2.05) is 6.92 Å². The van der Waals surface area contributed by atoms with E-state index >= 15 is 0 Å². The SMILES string of the molecule is C=CC(=O)OC(CCC)[Si](CCC)(OC)OC. The molecule has 0 aromatic rings. The van der Waals surface area contributed by atoms with Crippen LogP contribution in [0.15, 0.2) is 12.7 Å². The lowest BCUT2D eigenvalue weighted by Gasteiger charge is -2.34. The first-order chi connectivity index (χ1) is 8.10. The molecular weight excluding hydrogens is 236 g/mol. The fourth-order valence-corrected chi connectivity index (χ4v) is 5.02. The zero-order valence-electron chi connectivity index (χ0n) is 11.3. The molecule has 0 saturated heterocycles. The van der Waals surface area contributed by atoms with Crippen LogP contribution in [0.25, 0.3) is 0 Å². The lowest BCUT2D eigenvalue weighted by Crippen LogP contribution is -2.53. The third-order valence-corrected chi connectivity index (χ3v) is 6.72. The summed E-state index contributed by atoms with van der Waals surface area (Å²) >= 11 is 0. The molecule has 0 aliphatic rings. The number of esters is 1. The molecular formula is C12H24O4Si. The standard InChI is InChI=1S/C12H24O4Si/c1-6-9-12(16-11(13)8-3)17(14-4,15-5)10-7-2/h8,12H,3,6-7,9-10H2,1-2,4-5H3. The third kappa shape index (κ3) is 4.61. The van der Waals surface area contributed by atoms with Crippen LogP contribution in [-0.2, 0) is 18.4 Å². The molecule has 1 atom stereocenters. The Balaban J connectivity index is 4.92. The van der Waals surface area contributed by atoms with Crippen molar-refractivity contribution in [3.63, 3.8) is 0 Å². The van der Waals surface area contributed by atoms with Crippen molar-refractivity contribution < 1.29 is 18.4 Å². The first-order valence-corrected chi connectivity index (χ1v) is 8.13. The predicted octanol–water partition coefficient (Wildman–Crippen LogP) is 2.57. The Morgan fingerprint density at radius 3 is 2.24 bits per heavy atom. The Kier molecular flexibility index (Phi) is 8.12. The van der Waals surface area contributed by atoms with Gasteiger partial charge in [-0.2, -0.15) is 0 Å². The van der Waals surface area contributed by atoms with Crippen molar-refractivity contribution >= 4 is 14.5 Å². The molecule has 0 saturated carbocycles. The molecule has 0 rings (SSSR count). The Hall–Kier alpha value is -0.653. The molecule has 0 aliphatic heterocycles. The van der Waals surface area contributed by atoms with E-state index in [0.29, 0.717) is 0 Å². The van der Waals surface area contributed by atoms with Gasteiger partial charge in [0.15, 0.2) is 0 Å². The zero-order chi connectivity index (χ0) is 13.3. The van der Waals surface area contributed by atoms with Crippen LogP contribution in [0.2, 0.25) is 6.04 Å². The Bertz CT molecular complexity index is 239. The molecule has 0 aliphatic carbocycles. The van der Waals surface area contributed by atoms with E-state index in [-0.39, 0.29) is 5.73 Å². The van der Waals surface area contributed by atoms with Crippen LogP contribution < -0.4 is 0 Å². The van der Waals surface area contributed by atoms with Gasteiger partial charge >= 0.3 is 14.5 Å². The van der Waals surface area contributed by atoms with Crippen LogP contribution in [0, 0.1) is 0 Å². The van der Waals surface area contributed by atoms with Gasteiger partial charge in [-0.25, -0.2) is 4.79 Å². The molecule has 5 heteroatoms. The number of carbonyl (C=O) groups is 1. The number of ether oxygens (including phenoxy) is 1. The van der Waals surface area contributed by atoms with Crippen LogP contribution in [0.5, 0.6) is 0 Å². The summed E-state index contributed by atoms with van der Waals surface area (Å²) in [5, 5.41) is 0. The van der Waals surface area contributed by atoms with E-state index in [1.54, 1.807) is 14.2 Å². The minimum Gasteiger partial charge on any atom is -0.457 e. The number of hydrogen-bond donors (Lipinski definition) is 0. The molecule has 1 unspecified atom stereocenters. The maximum absolute atomic E-state index is 11.4. The van der Waals surface area contributed by atoms with Gasteiger partial charge in [-0.3, -0.25) is 0 Å². The molecule has 0 aromatic carbocycles. The van der Waals surface area contributed by atoms with Crippen molar-refractivity contribution in [2.45, 2.75) is 44.9 Å². The summed E-state index contributed by atoms with van der Waals surface area (Å²) in [6, 6.07) is 0.815. The molecule has 0 bridgehead atoms. The molecule has 17 heavy (non-hydrogen) atoms. The van der Waals surface area contributed by atoms with Crippen LogP contribution in [-0.4, -0.2) is 34.5 Å². The highest BCUT2D eigenvalue weighted by Crippen LogP contribution is 2.24.